The Balaban J connectivity index is 2.17. The standard InChI is InChI=1S/C11H17N5O/c1-13-11(17)9-3-2-4-16(9)10-7-14-8(5-12)6-15-10/h6-7,9H,2-5,12H2,1H3,(H,13,17). The van der Waals surface area contributed by atoms with Gasteiger partial charge in [-0.1, -0.05) is 0 Å². The van der Waals surface area contributed by atoms with Crippen LogP contribution in [0.2, 0.25) is 0 Å². The van der Waals surface area contributed by atoms with Gasteiger partial charge in [0.25, 0.3) is 0 Å². The highest BCUT2D eigenvalue weighted by Gasteiger charge is 2.30. The number of nitrogens with zero attached hydrogens (tertiary/aromatic N) is 3. The second kappa shape index (κ2) is 5.09. The molecule has 1 aromatic heterocycles. The van der Waals surface area contributed by atoms with E-state index in [0.29, 0.717) is 6.54 Å². The molecular weight excluding hydrogens is 218 g/mol. The Labute approximate surface area is 100 Å². The van der Waals surface area contributed by atoms with Gasteiger partial charge in [-0.2, -0.15) is 0 Å². The minimum Gasteiger partial charge on any atom is -0.357 e. The number of hydrogen-bond donors (Lipinski definition) is 2. The molecule has 0 saturated carbocycles. The summed E-state index contributed by atoms with van der Waals surface area (Å²) in [6.07, 6.45) is 5.20. The normalized spacial score (nSPS) is 19.4. The van der Waals surface area contributed by atoms with E-state index in [4.69, 9.17) is 5.73 Å². The van der Waals surface area contributed by atoms with Crippen molar-refractivity contribution in [1.29, 1.82) is 0 Å². The van der Waals surface area contributed by atoms with E-state index in [-0.39, 0.29) is 11.9 Å². The van der Waals surface area contributed by atoms with Crippen molar-refractivity contribution in [3.05, 3.63) is 18.1 Å². The maximum Gasteiger partial charge on any atom is 0.242 e. The molecule has 1 amide bonds. The summed E-state index contributed by atoms with van der Waals surface area (Å²) >= 11 is 0. The van der Waals surface area contributed by atoms with Gasteiger partial charge in [0.2, 0.25) is 5.91 Å². The first-order valence-electron chi connectivity index (χ1n) is 5.75. The lowest BCUT2D eigenvalue weighted by molar-refractivity contribution is -0.121. The fourth-order valence-corrected chi connectivity index (χ4v) is 2.08. The summed E-state index contributed by atoms with van der Waals surface area (Å²) in [5.74, 6) is 0.778. The average Bonchev–Trinajstić information content (AvgIpc) is 2.87. The zero-order valence-corrected chi connectivity index (χ0v) is 9.89. The van der Waals surface area contributed by atoms with Gasteiger partial charge in [-0.3, -0.25) is 9.78 Å². The number of nitrogens with two attached hydrogens (primary N) is 1. The predicted molar refractivity (Wildman–Crippen MR) is 64.4 cm³/mol. The van der Waals surface area contributed by atoms with Crippen molar-refractivity contribution in [2.24, 2.45) is 5.73 Å². The number of likely N-dealkylation sites (N-methyl/N-ethyl adjacent to an activating group) is 1. The van der Waals surface area contributed by atoms with Crippen molar-refractivity contribution in [1.82, 2.24) is 15.3 Å². The van der Waals surface area contributed by atoms with Crippen LogP contribution in [-0.2, 0) is 11.3 Å². The van der Waals surface area contributed by atoms with Crippen LogP contribution in [0.25, 0.3) is 0 Å². The third kappa shape index (κ3) is 2.36. The SMILES string of the molecule is CNC(=O)C1CCCN1c1cnc(CN)cn1. The van der Waals surface area contributed by atoms with Crippen molar-refractivity contribution >= 4 is 11.7 Å². The Bertz CT molecular complexity index is 391. The summed E-state index contributed by atoms with van der Waals surface area (Å²) in [6.45, 7) is 1.22. The molecular formula is C11H17N5O. The summed E-state index contributed by atoms with van der Waals surface area (Å²) in [6, 6.07) is -0.127. The van der Waals surface area contributed by atoms with E-state index in [1.54, 1.807) is 19.4 Å². The second-order valence-electron chi connectivity index (χ2n) is 4.04. The Hall–Kier alpha value is -1.69. The number of aromatic nitrogens is 2. The lowest BCUT2D eigenvalue weighted by atomic mass is 10.2. The molecule has 1 fully saturated rings. The maximum absolute atomic E-state index is 11.7. The first-order valence-corrected chi connectivity index (χ1v) is 5.75. The van der Waals surface area contributed by atoms with Crippen LogP contribution in [0.15, 0.2) is 12.4 Å². The third-order valence-corrected chi connectivity index (χ3v) is 3.00. The first-order chi connectivity index (χ1) is 8.26. The van der Waals surface area contributed by atoms with Crippen molar-refractivity contribution in [3.8, 4) is 0 Å². The Kier molecular flexibility index (Phi) is 3.53. The largest absolute Gasteiger partial charge is 0.357 e. The van der Waals surface area contributed by atoms with E-state index >= 15 is 0 Å². The molecule has 6 heteroatoms. The van der Waals surface area contributed by atoms with Crippen molar-refractivity contribution in [2.45, 2.75) is 25.4 Å². The van der Waals surface area contributed by atoms with Gasteiger partial charge in [-0.05, 0) is 12.8 Å². The van der Waals surface area contributed by atoms with Crippen molar-refractivity contribution in [3.63, 3.8) is 0 Å². The van der Waals surface area contributed by atoms with Crippen LogP contribution in [0.1, 0.15) is 18.5 Å². The molecule has 1 aromatic rings. The van der Waals surface area contributed by atoms with Gasteiger partial charge in [0, 0.05) is 20.1 Å². The second-order valence-corrected chi connectivity index (χ2v) is 4.04. The number of anilines is 1. The maximum atomic E-state index is 11.7. The molecule has 0 bridgehead atoms. The molecule has 0 aromatic carbocycles. The number of amides is 1. The molecule has 1 atom stereocenters. The number of hydrogen-bond acceptors (Lipinski definition) is 5. The van der Waals surface area contributed by atoms with Gasteiger partial charge in [0.05, 0.1) is 18.1 Å². The van der Waals surface area contributed by atoms with Gasteiger partial charge in [-0.15, -0.1) is 0 Å². The Morgan fingerprint density at radius 3 is 3.00 bits per heavy atom. The fraction of sp³-hybridized carbons (Fsp3) is 0.545. The number of carbonyl (C=O) groups excluding carboxylic acids is 1. The molecule has 1 saturated heterocycles. The monoisotopic (exact) mass is 235 g/mol. The summed E-state index contributed by atoms with van der Waals surface area (Å²) in [5.41, 5.74) is 6.22. The summed E-state index contributed by atoms with van der Waals surface area (Å²) in [5, 5.41) is 2.68. The van der Waals surface area contributed by atoms with Crippen LogP contribution in [-0.4, -0.2) is 35.5 Å². The van der Waals surface area contributed by atoms with Crippen LogP contribution in [0, 0.1) is 0 Å². The molecule has 1 aliphatic rings. The average molecular weight is 235 g/mol. The Morgan fingerprint density at radius 1 is 1.59 bits per heavy atom. The van der Waals surface area contributed by atoms with Gasteiger partial charge in [0.1, 0.15) is 11.9 Å². The topological polar surface area (TPSA) is 84.1 Å². The molecule has 0 spiro atoms. The zero-order chi connectivity index (χ0) is 12.3. The molecule has 0 radical (unpaired) electrons. The Morgan fingerprint density at radius 2 is 2.41 bits per heavy atom. The first kappa shape index (κ1) is 11.8. The van der Waals surface area contributed by atoms with Crippen LogP contribution in [0.4, 0.5) is 5.82 Å². The minimum atomic E-state index is -0.127. The molecule has 0 aliphatic carbocycles. The smallest absolute Gasteiger partial charge is 0.242 e. The highest BCUT2D eigenvalue weighted by atomic mass is 16.2. The molecule has 1 aliphatic heterocycles. The molecule has 17 heavy (non-hydrogen) atoms. The van der Waals surface area contributed by atoms with E-state index < -0.39 is 0 Å². The van der Waals surface area contributed by atoms with Crippen molar-refractivity contribution < 1.29 is 4.79 Å². The third-order valence-electron chi connectivity index (χ3n) is 3.00. The highest BCUT2D eigenvalue weighted by molar-refractivity contribution is 5.85. The van der Waals surface area contributed by atoms with E-state index in [0.717, 1.165) is 30.9 Å². The predicted octanol–water partition coefficient (Wildman–Crippen LogP) is -0.350. The van der Waals surface area contributed by atoms with E-state index in [1.807, 2.05) is 4.90 Å². The van der Waals surface area contributed by atoms with Crippen molar-refractivity contribution in [2.75, 3.05) is 18.5 Å². The van der Waals surface area contributed by atoms with Crippen LogP contribution in [0.3, 0.4) is 0 Å². The van der Waals surface area contributed by atoms with E-state index in [9.17, 15) is 4.79 Å². The number of rotatable bonds is 3. The van der Waals surface area contributed by atoms with Crippen LogP contribution in [0.5, 0.6) is 0 Å². The molecule has 2 heterocycles. The zero-order valence-electron chi connectivity index (χ0n) is 9.89. The van der Waals surface area contributed by atoms with E-state index in [1.165, 1.54) is 0 Å². The highest BCUT2D eigenvalue weighted by Crippen LogP contribution is 2.23. The van der Waals surface area contributed by atoms with Gasteiger partial charge in [0.15, 0.2) is 0 Å². The number of carbonyl (C=O) groups is 1. The van der Waals surface area contributed by atoms with Gasteiger partial charge >= 0.3 is 0 Å². The van der Waals surface area contributed by atoms with Crippen LogP contribution >= 0.6 is 0 Å². The quantitative estimate of drug-likeness (QED) is 0.748. The molecule has 6 nitrogen and oxygen atoms in total. The van der Waals surface area contributed by atoms with Gasteiger partial charge < -0.3 is 16.0 Å². The lowest BCUT2D eigenvalue weighted by Gasteiger charge is -2.23. The lowest BCUT2D eigenvalue weighted by Crippen LogP contribution is -2.42. The fourth-order valence-electron chi connectivity index (χ4n) is 2.08. The summed E-state index contributed by atoms with van der Waals surface area (Å²) in [7, 11) is 1.65. The van der Waals surface area contributed by atoms with Gasteiger partial charge in [-0.25, -0.2) is 4.98 Å². The number of nitrogens with one attached hydrogen (secondary N) is 1. The van der Waals surface area contributed by atoms with Crippen LogP contribution < -0.4 is 16.0 Å². The molecule has 2 rings (SSSR count). The minimum absolute atomic E-state index is 0.0344. The summed E-state index contributed by atoms with van der Waals surface area (Å²) < 4.78 is 0. The van der Waals surface area contributed by atoms with E-state index in [2.05, 4.69) is 15.3 Å². The molecule has 3 N–H and O–H groups in total. The molecule has 92 valence electrons. The molecule has 1 unspecified atom stereocenters. The summed E-state index contributed by atoms with van der Waals surface area (Å²) in [4.78, 5) is 22.2.